The number of carbonyl (C=O) groups is 2. The summed E-state index contributed by atoms with van der Waals surface area (Å²) in [6.07, 6.45) is -7.01. The number of rotatable bonds is 17. The van der Waals surface area contributed by atoms with Gasteiger partial charge in [0, 0.05) is 64.3 Å². The molecule has 0 radical (unpaired) electrons. The molecule has 23 nitrogen and oxygen atoms in total. The van der Waals surface area contributed by atoms with Gasteiger partial charge >= 0.3 is 5.97 Å². The van der Waals surface area contributed by atoms with Crippen molar-refractivity contribution in [3.05, 3.63) is 53.6 Å². The predicted octanol–water partition coefficient (Wildman–Crippen LogP) is 2.68. The van der Waals surface area contributed by atoms with Crippen molar-refractivity contribution in [1.82, 2.24) is 39.8 Å². The Labute approximate surface area is 457 Å². The number of amides is 1. The predicted molar refractivity (Wildman–Crippen MR) is 281 cm³/mol. The van der Waals surface area contributed by atoms with Crippen LogP contribution in [-0.4, -0.2) is 216 Å². The van der Waals surface area contributed by atoms with Gasteiger partial charge in [0.05, 0.1) is 59.1 Å². The summed E-state index contributed by atoms with van der Waals surface area (Å²) in [4.78, 5) is 29.9. The van der Waals surface area contributed by atoms with Crippen LogP contribution in [0.5, 0.6) is 0 Å². The van der Waals surface area contributed by atoms with Gasteiger partial charge in [0.15, 0.2) is 18.3 Å². The molecule has 3 aliphatic rings. The molecule has 6 rings (SSSR count). The number of carbonyl (C=O) groups excluding carboxylic acids is 2. The molecule has 0 bridgehead atoms. The number of ether oxygens (including phenoxy) is 7. The van der Waals surface area contributed by atoms with E-state index in [0.717, 1.165) is 0 Å². The number of aliphatic hydroxyl groups is 5. The Morgan fingerprint density at radius 3 is 2.24 bits per heavy atom. The molecular formula is C54H88FN9O14. The van der Waals surface area contributed by atoms with E-state index in [1.54, 1.807) is 78.9 Å². The Balaban J connectivity index is 1.25. The van der Waals surface area contributed by atoms with Gasteiger partial charge in [0.25, 0.3) is 5.91 Å². The van der Waals surface area contributed by atoms with Crippen molar-refractivity contribution in [2.75, 3.05) is 48.1 Å². The zero-order valence-corrected chi connectivity index (χ0v) is 47.9. The fourth-order valence-electron chi connectivity index (χ4n) is 11.8. The second kappa shape index (κ2) is 26.2. The molecule has 78 heavy (non-hydrogen) atoms. The SMILES string of the molecule is CC[C@H]1OC(=O)[C@H](C)[C@@H](O[C@H]2C[C@@](C)(OC)[C@@H](O)[C@H](C)O2)[C@H](C)[C@@H](O[C@@H]2O[C@H](C)C[C@H](N(C)CCc3cn([C@H](CF)[C@H](OC)c4ccc(-n5cc(C(N)=O)nn5)cc4)nn3)[C@H]2O)[C@](C)(O)C[C@@H](C)CN(C)[C@H](C)[C@@H](O)[C@]1(C)O. The van der Waals surface area contributed by atoms with E-state index in [2.05, 4.69) is 20.6 Å². The Hall–Kier alpha value is -4.15. The summed E-state index contributed by atoms with van der Waals surface area (Å²) in [5.41, 5.74) is 2.52. The van der Waals surface area contributed by atoms with Gasteiger partial charge in [-0.2, -0.15) is 0 Å². The van der Waals surface area contributed by atoms with E-state index in [1.165, 1.54) is 36.7 Å². The molecule has 20 atom stereocenters. The number of hydrogen-bond donors (Lipinski definition) is 6. The zero-order valence-electron chi connectivity index (χ0n) is 47.9. The van der Waals surface area contributed by atoms with Gasteiger partial charge in [-0.15, -0.1) is 10.2 Å². The number of methoxy groups -OCH3 is 2. The minimum absolute atomic E-state index is 0.0114. The van der Waals surface area contributed by atoms with Crippen LogP contribution in [0.25, 0.3) is 5.69 Å². The molecule has 3 aliphatic heterocycles. The van der Waals surface area contributed by atoms with Crippen molar-refractivity contribution in [1.29, 1.82) is 0 Å². The number of cyclic esters (lactones) is 1. The van der Waals surface area contributed by atoms with Crippen LogP contribution in [0, 0.1) is 17.8 Å². The van der Waals surface area contributed by atoms with E-state index in [0.29, 0.717) is 42.9 Å². The van der Waals surface area contributed by atoms with Crippen LogP contribution in [0.1, 0.15) is 129 Å². The highest BCUT2D eigenvalue weighted by atomic mass is 19.1. The lowest BCUT2D eigenvalue weighted by Gasteiger charge is -2.49. The molecule has 24 heteroatoms. The lowest BCUT2D eigenvalue weighted by atomic mass is 9.77. The number of nitrogens with two attached hydrogens (primary N) is 1. The first-order valence-corrected chi connectivity index (χ1v) is 27.2. The number of likely N-dealkylation sites (N-methyl/N-ethyl adjacent to an activating group) is 2. The van der Waals surface area contributed by atoms with Crippen LogP contribution in [-0.2, 0) is 44.4 Å². The van der Waals surface area contributed by atoms with Crippen LogP contribution in [0.2, 0.25) is 0 Å². The van der Waals surface area contributed by atoms with E-state index < -0.39 is 133 Å². The van der Waals surface area contributed by atoms with E-state index in [-0.39, 0.29) is 30.9 Å². The third-order valence-corrected chi connectivity index (χ3v) is 16.7. The van der Waals surface area contributed by atoms with Gasteiger partial charge < -0.3 is 74.2 Å². The minimum Gasteiger partial charge on any atom is -0.459 e. The van der Waals surface area contributed by atoms with Gasteiger partial charge in [-0.3, -0.25) is 9.59 Å². The summed E-state index contributed by atoms with van der Waals surface area (Å²) in [5.74, 6) is -3.65. The number of primary amides is 1. The Morgan fingerprint density at radius 2 is 1.64 bits per heavy atom. The summed E-state index contributed by atoms with van der Waals surface area (Å²) < 4.78 is 61.9. The van der Waals surface area contributed by atoms with Crippen molar-refractivity contribution in [3.8, 4) is 5.69 Å². The van der Waals surface area contributed by atoms with Gasteiger partial charge in [-0.05, 0) is 105 Å². The quantitative estimate of drug-likeness (QED) is 0.106. The molecule has 0 aliphatic carbocycles. The van der Waals surface area contributed by atoms with E-state index in [1.807, 2.05) is 37.7 Å². The second-order valence-electron chi connectivity index (χ2n) is 23.0. The van der Waals surface area contributed by atoms with Gasteiger partial charge in [0.2, 0.25) is 0 Å². The summed E-state index contributed by atoms with van der Waals surface area (Å²) in [6, 6.07) is 4.99. The Morgan fingerprint density at radius 1 is 0.962 bits per heavy atom. The average molecular weight is 1110 g/mol. The molecule has 0 saturated carbocycles. The summed E-state index contributed by atoms with van der Waals surface area (Å²) in [6.45, 7) is 17.3. The molecule has 2 aromatic heterocycles. The lowest BCUT2D eigenvalue weighted by molar-refractivity contribution is -0.318. The maximum absolute atomic E-state index is 14.9. The van der Waals surface area contributed by atoms with Gasteiger partial charge in [-0.1, -0.05) is 43.3 Å². The third-order valence-electron chi connectivity index (χ3n) is 16.7. The van der Waals surface area contributed by atoms with Crippen LogP contribution >= 0.6 is 0 Å². The molecule has 0 unspecified atom stereocenters. The smallest absolute Gasteiger partial charge is 0.311 e. The zero-order chi connectivity index (χ0) is 57.8. The number of alkyl halides is 1. The number of halogens is 1. The molecule has 7 N–H and O–H groups in total. The van der Waals surface area contributed by atoms with Crippen LogP contribution < -0.4 is 5.73 Å². The Bertz CT molecular complexity index is 2400. The summed E-state index contributed by atoms with van der Waals surface area (Å²) in [5, 5.41) is 76.3. The van der Waals surface area contributed by atoms with E-state index in [9.17, 15) is 39.5 Å². The number of hydrogen-bond acceptors (Lipinski definition) is 20. The van der Waals surface area contributed by atoms with Crippen LogP contribution in [0.15, 0.2) is 36.7 Å². The van der Waals surface area contributed by atoms with Crippen molar-refractivity contribution in [2.24, 2.45) is 23.5 Å². The van der Waals surface area contributed by atoms with Crippen LogP contribution in [0.3, 0.4) is 0 Å². The summed E-state index contributed by atoms with van der Waals surface area (Å²) >= 11 is 0. The standard InChI is InChI=1S/C54H88FN9O14/c1-15-41-54(10,71)46(66)33(6)62(12)26-29(2)23-52(8,70)48(31(4)44(32(5)50(69)76-41)77-42-24-53(9,73-14)47(67)34(7)75-42)78-51-43(65)39(22-30(3)74-51)61(11)21-20-36-27-64(59-57-36)40(25-55)45(72-13)35-16-18-37(19-17-35)63-28-38(49(56)68)58-60-63/h16-19,27-34,39-48,51,65-67,70-71H,15,20-26H2,1-14H3,(H2,56,68)/t29-,30-,31+,32-,33-,34+,39+,40-,41-,42+,43-,44+,45-,46-,47+,48-,51+,52-,53-,54-/m1/s1. The maximum Gasteiger partial charge on any atom is 0.311 e. The highest BCUT2D eigenvalue weighted by Gasteiger charge is 2.53. The van der Waals surface area contributed by atoms with Crippen molar-refractivity contribution < 1.29 is 72.7 Å². The van der Waals surface area contributed by atoms with Gasteiger partial charge in [0.1, 0.15) is 48.8 Å². The first-order valence-electron chi connectivity index (χ1n) is 27.2. The number of nitrogens with zero attached hydrogens (tertiary/aromatic N) is 8. The molecule has 440 valence electrons. The highest BCUT2D eigenvalue weighted by molar-refractivity contribution is 5.90. The second-order valence-corrected chi connectivity index (χ2v) is 23.0. The number of aromatic nitrogens is 6. The minimum atomic E-state index is -1.86. The third kappa shape index (κ3) is 14.1. The topological polar surface area (TPSA) is 294 Å². The van der Waals surface area contributed by atoms with Crippen molar-refractivity contribution >= 4 is 11.9 Å². The summed E-state index contributed by atoms with van der Waals surface area (Å²) in [7, 11) is 6.65. The van der Waals surface area contributed by atoms with E-state index >= 15 is 0 Å². The molecule has 5 heterocycles. The van der Waals surface area contributed by atoms with Gasteiger partial charge in [-0.25, -0.2) is 13.8 Å². The van der Waals surface area contributed by atoms with Crippen molar-refractivity contribution in [3.63, 3.8) is 0 Å². The normalized spacial score (nSPS) is 37.8. The Kier molecular flexibility index (Phi) is 21.2. The number of aliphatic hydroxyl groups excluding tert-OH is 3. The molecule has 0 spiro atoms. The average Bonchev–Trinajstić information content (AvgIpc) is 4.12. The highest BCUT2D eigenvalue weighted by Crippen LogP contribution is 2.41. The number of esters is 1. The molecule has 1 amide bonds. The van der Waals surface area contributed by atoms with Crippen molar-refractivity contribution in [2.45, 2.75) is 204 Å². The van der Waals surface area contributed by atoms with E-state index in [4.69, 9.17) is 38.9 Å². The lowest BCUT2D eigenvalue weighted by Crippen LogP contribution is -2.61. The number of benzene rings is 1. The fourth-order valence-corrected chi connectivity index (χ4v) is 11.8. The molecular weight excluding hydrogens is 1020 g/mol. The molecule has 3 aromatic rings. The molecule has 1 aromatic carbocycles. The first kappa shape index (κ1) is 63.0. The molecule has 3 fully saturated rings. The van der Waals surface area contributed by atoms with Crippen LogP contribution in [0.4, 0.5) is 4.39 Å². The fraction of sp³-hybridized carbons (Fsp3) is 0.778. The maximum atomic E-state index is 14.9. The first-order chi connectivity index (χ1) is 36.6. The molecule has 3 saturated heterocycles. The monoisotopic (exact) mass is 1110 g/mol. The largest absolute Gasteiger partial charge is 0.459 e.